The van der Waals surface area contributed by atoms with Crippen molar-refractivity contribution in [3.8, 4) is 11.5 Å². The number of nitrogens with zero attached hydrogens (tertiary/aromatic N) is 3. The fourth-order valence-electron chi connectivity index (χ4n) is 3.18. The Morgan fingerprint density at radius 2 is 1.94 bits per heavy atom. The maximum atomic E-state index is 13.3. The molecule has 3 aromatic rings. The van der Waals surface area contributed by atoms with Crippen molar-refractivity contribution < 1.29 is 14.3 Å². The van der Waals surface area contributed by atoms with Crippen molar-refractivity contribution in [2.75, 3.05) is 35.7 Å². The highest BCUT2D eigenvalue weighted by molar-refractivity contribution is 8.01. The molecule has 1 N–H and O–H groups in total. The quantitative estimate of drug-likeness (QED) is 0.432. The molecule has 0 aliphatic carbocycles. The van der Waals surface area contributed by atoms with E-state index in [9.17, 15) is 4.79 Å². The van der Waals surface area contributed by atoms with Gasteiger partial charge in [-0.1, -0.05) is 65.6 Å². The smallest absolute Gasteiger partial charge is 0.237 e. The van der Waals surface area contributed by atoms with E-state index >= 15 is 0 Å². The van der Waals surface area contributed by atoms with E-state index in [0.29, 0.717) is 31.3 Å². The lowest BCUT2D eigenvalue weighted by Gasteiger charge is -2.24. The van der Waals surface area contributed by atoms with Crippen molar-refractivity contribution >= 4 is 45.9 Å². The molecule has 9 heteroatoms. The van der Waals surface area contributed by atoms with Crippen LogP contribution in [-0.4, -0.2) is 47.7 Å². The summed E-state index contributed by atoms with van der Waals surface area (Å²) >= 11 is 2.84. The molecule has 0 fully saturated rings. The minimum absolute atomic E-state index is 0.0250. The van der Waals surface area contributed by atoms with Gasteiger partial charge in [0.15, 0.2) is 15.8 Å². The van der Waals surface area contributed by atoms with Crippen LogP contribution in [0.5, 0.6) is 11.5 Å². The first-order valence-electron chi connectivity index (χ1n) is 10.7. The standard InChI is InChI=1S/C24H26N4O3S2/c1-17(2)25-23-26-27-24(33-23)32-16-22(29)28(12-6-9-18-7-4-3-5-8-18)19-10-11-20-21(15-19)31-14-13-30-20/h3-11,15,17H,12-14,16H2,1-2H3,(H,25,26). The van der Waals surface area contributed by atoms with Crippen LogP contribution in [0.15, 0.2) is 58.9 Å². The maximum absolute atomic E-state index is 13.3. The topological polar surface area (TPSA) is 76.6 Å². The number of anilines is 2. The van der Waals surface area contributed by atoms with Gasteiger partial charge in [0, 0.05) is 24.3 Å². The fourth-order valence-corrected chi connectivity index (χ4v) is 4.96. The summed E-state index contributed by atoms with van der Waals surface area (Å²) in [6, 6.07) is 15.9. The number of aromatic nitrogens is 2. The lowest BCUT2D eigenvalue weighted by molar-refractivity contribution is -0.116. The van der Waals surface area contributed by atoms with Gasteiger partial charge in [0.25, 0.3) is 0 Å². The molecule has 172 valence electrons. The highest BCUT2D eigenvalue weighted by Gasteiger charge is 2.20. The van der Waals surface area contributed by atoms with Crippen LogP contribution in [0.1, 0.15) is 19.4 Å². The Morgan fingerprint density at radius 3 is 2.73 bits per heavy atom. The summed E-state index contributed by atoms with van der Waals surface area (Å²) in [5, 5.41) is 12.3. The van der Waals surface area contributed by atoms with E-state index in [1.807, 2.05) is 74.5 Å². The van der Waals surface area contributed by atoms with Crippen molar-refractivity contribution in [2.24, 2.45) is 0 Å². The Morgan fingerprint density at radius 1 is 1.15 bits per heavy atom. The molecule has 1 amide bonds. The van der Waals surface area contributed by atoms with Crippen molar-refractivity contribution in [3.05, 3.63) is 60.2 Å². The maximum Gasteiger partial charge on any atom is 0.237 e. The average molecular weight is 483 g/mol. The van der Waals surface area contributed by atoms with Gasteiger partial charge in [0.2, 0.25) is 11.0 Å². The van der Waals surface area contributed by atoms with Crippen molar-refractivity contribution in [3.63, 3.8) is 0 Å². The molecule has 1 aliphatic heterocycles. The van der Waals surface area contributed by atoms with E-state index in [4.69, 9.17) is 9.47 Å². The van der Waals surface area contributed by atoms with Gasteiger partial charge in [-0.3, -0.25) is 4.79 Å². The normalized spacial score (nSPS) is 12.8. The predicted octanol–water partition coefficient (Wildman–Crippen LogP) is 4.97. The van der Waals surface area contributed by atoms with Crippen LogP contribution in [0.4, 0.5) is 10.8 Å². The third-order valence-electron chi connectivity index (χ3n) is 4.67. The summed E-state index contributed by atoms with van der Waals surface area (Å²) in [6.07, 6.45) is 4.00. The van der Waals surface area contributed by atoms with Crippen LogP contribution >= 0.6 is 23.1 Å². The monoisotopic (exact) mass is 482 g/mol. The summed E-state index contributed by atoms with van der Waals surface area (Å²) in [5.41, 5.74) is 1.85. The van der Waals surface area contributed by atoms with Gasteiger partial charge in [-0.25, -0.2) is 0 Å². The van der Waals surface area contributed by atoms with Gasteiger partial charge in [0.1, 0.15) is 13.2 Å². The number of benzene rings is 2. The van der Waals surface area contributed by atoms with E-state index < -0.39 is 0 Å². The second-order valence-corrected chi connectivity index (χ2v) is 9.81. The van der Waals surface area contributed by atoms with Crippen molar-refractivity contribution in [1.82, 2.24) is 10.2 Å². The molecule has 0 radical (unpaired) electrons. The first-order chi connectivity index (χ1) is 16.1. The van der Waals surface area contributed by atoms with Gasteiger partial charge >= 0.3 is 0 Å². The number of hydrogen-bond donors (Lipinski definition) is 1. The molecule has 1 aromatic heterocycles. The molecule has 0 saturated heterocycles. The molecule has 0 spiro atoms. The van der Waals surface area contributed by atoms with E-state index in [1.54, 1.807) is 4.90 Å². The Labute approximate surface area is 201 Å². The summed E-state index contributed by atoms with van der Waals surface area (Å²) in [4.78, 5) is 15.0. The summed E-state index contributed by atoms with van der Waals surface area (Å²) in [6.45, 7) is 5.56. The predicted molar refractivity (Wildman–Crippen MR) is 135 cm³/mol. The first-order valence-corrected chi connectivity index (χ1v) is 12.5. The molecule has 7 nitrogen and oxygen atoms in total. The molecule has 2 heterocycles. The highest BCUT2D eigenvalue weighted by atomic mass is 32.2. The molecule has 33 heavy (non-hydrogen) atoms. The minimum Gasteiger partial charge on any atom is -0.486 e. The van der Waals surface area contributed by atoms with Gasteiger partial charge < -0.3 is 19.7 Å². The zero-order valence-electron chi connectivity index (χ0n) is 18.6. The number of nitrogens with one attached hydrogen (secondary N) is 1. The average Bonchev–Trinajstić information content (AvgIpc) is 3.27. The second kappa shape index (κ2) is 11.2. The number of amides is 1. The lowest BCUT2D eigenvalue weighted by Crippen LogP contribution is -2.32. The Balaban J connectivity index is 1.48. The summed E-state index contributed by atoms with van der Waals surface area (Å²) in [7, 11) is 0. The molecular formula is C24H26N4O3S2. The zero-order chi connectivity index (χ0) is 23.0. The number of thioether (sulfide) groups is 1. The molecule has 0 saturated carbocycles. The van der Waals surface area contributed by atoms with E-state index in [1.165, 1.54) is 23.1 Å². The zero-order valence-corrected chi connectivity index (χ0v) is 20.2. The third-order valence-corrected chi connectivity index (χ3v) is 6.65. The number of carbonyl (C=O) groups excluding carboxylic acids is 1. The van der Waals surface area contributed by atoms with Crippen LogP contribution in [0, 0.1) is 0 Å². The number of hydrogen-bond acceptors (Lipinski definition) is 8. The number of carbonyl (C=O) groups is 1. The number of fused-ring (bicyclic) bond motifs is 1. The molecule has 4 rings (SSSR count). The molecule has 0 unspecified atom stereocenters. The molecular weight excluding hydrogens is 456 g/mol. The summed E-state index contributed by atoms with van der Waals surface area (Å²) in [5.74, 6) is 1.59. The molecule has 2 aromatic carbocycles. The van der Waals surface area contributed by atoms with Crippen molar-refractivity contribution in [2.45, 2.75) is 24.2 Å². The highest BCUT2D eigenvalue weighted by Crippen LogP contribution is 2.34. The number of ether oxygens (including phenoxy) is 2. The largest absolute Gasteiger partial charge is 0.486 e. The van der Waals surface area contributed by atoms with Gasteiger partial charge in [0.05, 0.1) is 5.75 Å². The Hall–Kier alpha value is -3.04. The SMILES string of the molecule is CC(C)Nc1nnc(SCC(=O)N(CC=Cc2ccccc2)c2ccc3c(c2)OCCO3)s1. The second-order valence-electron chi connectivity index (χ2n) is 7.61. The summed E-state index contributed by atoms with van der Waals surface area (Å²) < 4.78 is 12.1. The molecule has 1 aliphatic rings. The van der Waals surface area contributed by atoms with Gasteiger partial charge in [-0.05, 0) is 31.5 Å². The lowest BCUT2D eigenvalue weighted by atomic mass is 10.2. The molecule has 0 atom stereocenters. The van der Waals surface area contributed by atoms with E-state index in [2.05, 4.69) is 15.5 Å². The van der Waals surface area contributed by atoms with Crippen LogP contribution in [0.3, 0.4) is 0 Å². The number of rotatable bonds is 9. The van der Waals surface area contributed by atoms with Crippen LogP contribution in [0.25, 0.3) is 6.08 Å². The molecule has 0 bridgehead atoms. The van der Waals surface area contributed by atoms with Gasteiger partial charge in [-0.2, -0.15) is 0 Å². The Bertz CT molecular complexity index is 1100. The van der Waals surface area contributed by atoms with E-state index in [-0.39, 0.29) is 17.7 Å². The van der Waals surface area contributed by atoms with Crippen LogP contribution in [-0.2, 0) is 4.79 Å². The van der Waals surface area contributed by atoms with E-state index in [0.717, 1.165) is 20.7 Å². The van der Waals surface area contributed by atoms with Crippen LogP contribution in [0.2, 0.25) is 0 Å². The van der Waals surface area contributed by atoms with Gasteiger partial charge in [-0.15, -0.1) is 10.2 Å². The van der Waals surface area contributed by atoms with Crippen LogP contribution < -0.4 is 19.7 Å². The Kier molecular flexibility index (Phi) is 7.85. The fraction of sp³-hybridized carbons (Fsp3) is 0.292. The van der Waals surface area contributed by atoms with Crippen molar-refractivity contribution in [1.29, 1.82) is 0 Å². The third kappa shape index (κ3) is 6.49. The first kappa shape index (κ1) is 23.1. The minimum atomic E-state index is -0.0250.